The van der Waals surface area contributed by atoms with Crippen LogP contribution >= 0.6 is 15.9 Å². The Kier molecular flexibility index (Phi) is 5.43. The van der Waals surface area contributed by atoms with Gasteiger partial charge in [0.15, 0.2) is 0 Å². The van der Waals surface area contributed by atoms with Crippen molar-refractivity contribution in [2.24, 2.45) is 0 Å². The Morgan fingerprint density at radius 1 is 1.47 bits per heavy atom. The van der Waals surface area contributed by atoms with E-state index in [1.54, 1.807) is 7.11 Å². The van der Waals surface area contributed by atoms with Crippen LogP contribution in [0.5, 0.6) is 5.75 Å². The molecule has 2 nitrogen and oxygen atoms in total. The van der Waals surface area contributed by atoms with Gasteiger partial charge in [0, 0.05) is 11.0 Å². The van der Waals surface area contributed by atoms with Crippen molar-refractivity contribution in [1.82, 2.24) is 5.32 Å². The zero-order chi connectivity index (χ0) is 11.1. The summed E-state index contributed by atoms with van der Waals surface area (Å²) in [5, 5.41) is 3.28. The maximum atomic E-state index is 5.27. The number of benzene rings is 1. The van der Waals surface area contributed by atoms with Crippen molar-refractivity contribution in [3.8, 4) is 5.75 Å². The van der Waals surface area contributed by atoms with Gasteiger partial charge in [-0.25, -0.2) is 0 Å². The molecule has 1 aromatic rings. The predicted octanol–water partition coefficient (Wildman–Crippen LogP) is 2.74. The van der Waals surface area contributed by atoms with E-state index in [-0.39, 0.29) is 0 Å². The van der Waals surface area contributed by atoms with Crippen molar-refractivity contribution in [1.29, 1.82) is 0 Å². The molecular formula is C12H16BrNO. The molecule has 0 spiro atoms. The Morgan fingerprint density at radius 2 is 2.20 bits per heavy atom. The highest BCUT2D eigenvalue weighted by Crippen LogP contribution is 2.17. The van der Waals surface area contributed by atoms with Gasteiger partial charge in [0.1, 0.15) is 5.75 Å². The summed E-state index contributed by atoms with van der Waals surface area (Å²) >= 11 is 3.31. The number of hydrogen-bond donors (Lipinski definition) is 1. The van der Waals surface area contributed by atoms with E-state index in [9.17, 15) is 0 Å². The number of methoxy groups -OCH3 is 1. The molecule has 0 aliphatic carbocycles. The summed E-state index contributed by atoms with van der Waals surface area (Å²) < 4.78 is 6.24. The van der Waals surface area contributed by atoms with E-state index in [1.807, 2.05) is 18.2 Å². The van der Waals surface area contributed by atoms with Crippen LogP contribution < -0.4 is 10.1 Å². The molecule has 1 rings (SSSR count). The van der Waals surface area contributed by atoms with Crippen LogP contribution in [-0.4, -0.2) is 20.2 Å². The highest BCUT2D eigenvalue weighted by atomic mass is 79.9. The molecule has 3 heteroatoms. The van der Waals surface area contributed by atoms with E-state index in [2.05, 4.69) is 33.9 Å². The summed E-state index contributed by atoms with van der Waals surface area (Å²) in [4.78, 5) is 0. The Hall–Kier alpha value is -0.800. The zero-order valence-electron chi connectivity index (χ0n) is 8.92. The van der Waals surface area contributed by atoms with Gasteiger partial charge in [-0.05, 0) is 24.6 Å². The van der Waals surface area contributed by atoms with Gasteiger partial charge in [-0.3, -0.25) is 0 Å². The number of halogens is 1. The average Bonchev–Trinajstić information content (AvgIpc) is 2.24. The molecular weight excluding hydrogens is 254 g/mol. The summed E-state index contributed by atoms with van der Waals surface area (Å²) in [7, 11) is 1.70. The van der Waals surface area contributed by atoms with Crippen LogP contribution in [0.1, 0.15) is 5.56 Å². The van der Waals surface area contributed by atoms with Gasteiger partial charge in [0.05, 0.1) is 7.11 Å². The van der Waals surface area contributed by atoms with E-state index >= 15 is 0 Å². The smallest absolute Gasteiger partial charge is 0.122 e. The summed E-state index contributed by atoms with van der Waals surface area (Å²) in [6.07, 6.45) is 0.963. The quantitative estimate of drug-likeness (QED) is 0.802. The Labute approximate surface area is 99.5 Å². The molecule has 82 valence electrons. The van der Waals surface area contributed by atoms with Gasteiger partial charge in [0.25, 0.3) is 0 Å². The van der Waals surface area contributed by atoms with Crippen LogP contribution in [0.15, 0.2) is 35.3 Å². The first-order valence-electron chi connectivity index (χ1n) is 4.90. The van der Waals surface area contributed by atoms with Crippen molar-refractivity contribution >= 4 is 15.9 Å². The summed E-state index contributed by atoms with van der Waals surface area (Å²) in [5.74, 6) is 0.956. The van der Waals surface area contributed by atoms with Crippen LogP contribution in [0.2, 0.25) is 0 Å². The first-order valence-corrected chi connectivity index (χ1v) is 5.69. The van der Waals surface area contributed by atoms with Gasteiger partial charge < -0.3 is 10.1 Å². The average molecular weight is 270 g/mol. The highest BCUT2D eigenvalue weighted by molar-refractivity contribution is 9.11. The lowest BCUT2D eigenvalue weighted by atomic mass is 10.1. The van der Waals surface area contributed by atoms with Gasteiger partial charge in [-0.1, -0.05) is 40.7 Å². The fourth-order valence-corrected chi connectivity index (χ4v) is 1.55. The summed E-state index contributed by atoms with van der Waals surface area (Å²) in [6, 6.07) is 8.08. The van der Waals surface area contributed by atoms with Crippen LogP contribution in [0.25, 0.3) is 0 Å². The molecule has 0 unspecified atom stereocenters. The van der Waals surface area contributed by atoms with Crippen molar-refractivity contribution in [2.75, 3.05) is 20.2 Å². The summed E-state index contributed by atoms with van der Waals surface area (Å²) in [5.41, 5.74) is 1.23. The van der Waals surface area contributed by atoms with Gasteiger partial charge >= 0.3 is 0 Å². The fourth-order valence-electron chi connectivity index (χ4n) is 1.36. The minimum absolute atomic E-state index is 0.801. The Morgan fingerprint density at radius 3 is 2.87 bits per heavy atom. The van der Waals surface area contributed by atoms with Crippen molar-refractivity contribution in [2.45, 2.75) is 6.42 Å². The normalized spacial score (nSPS) is 10.0. The molecule has 0 saturated heterocycles. The molecule has 0 aliphatic rings. The van der Waals surface area contributed by atoms with E-state index < -0.39 is 0 Å². The largest absolute Gasteiger partial charge is 0.496 e. The molecule has 0 saturated carbocycles. The fraction of sp³-hybridized carbons (Fsp3) is 0.333. The third-order valence-electron chi connectivity index (χ3n) is 2.08. The van der Waals surface area contributed by atoms with Gasteiger partial charge in [0.2, 0.25) is 0 Å². The van der Waals surface area contributed by atoms with Crippen molar-refractivity contribution in [3.63, 3.8) is 0 Å². The molecule has 0 heterocycles. The molecule has 1 aromatic carbocycles. The highest BCUT2D eigenvalue weighted by Gasteiger charge is 2.00. The maximum absolute atomic E-state index is 5.27. The molecule has 0 fully saturated rings. The Balaban J connectivity index is 2.39. The molecule has 0 bridgehead atoms. The van der Waals surface area contributed by atoms with Gasteiger partial charge in [-0.2, -0.15) is 0 Å². The first kappa shape index (κ1) is 12.3. The third-order valence-corrected chi connectivity index (χ3v) is 2.36. The van der Waals surface area contributed by atoms with E-state index in [0.29, 0.717) is 0 Å². The lowest BCUT2D eigenvalue weighted by Crippen LogP contribution is -2.18. The number of nitrogens with one attached hydrogen (secondary N) is 1. The van der Waals surface area contributed by atoms with Crippen LogP contribution in [0.4, 0.5) is 0 Å². The molecule has 0 amide bonds. The van der Waals surface area contributed by atoms with Gasteiger partial charge in [-0.15, -0.1) is 0 Å². The monoisotopic (exact) mass is 269 g/mol. The third kappa shape index (κ3) is 4.49. The number of hydrogen-bond acceptors (Lipinski definition) is 2. The number of rotatable bonds is 6. The lowest BCUT2D eigenvalue weighted by Gasteiger charge is -2.08. The van der Waals surface area contributed by atoms with Crippen LogP contribution in [0, 0.1) is 0 Å². The molecule has 0 atom stereocenters. The van der Waals surface area contributed by atoms with Crippen molar-refractivity contribution in [3.05, 3.63) is 40.9 Å². The van der Waals surface area contributed by atoms with Crippen LogP contribution in [0.3, 0.4) is 0 Å². The minimum atomic E-state index is 0.801. The van der Waals surface area contributed by atoms with Crippen LogP contribution in [-0.2, 0) is 6.42 Å². The molecule has 1 N–H and O–H groups in total. The van der Waals surface area contributed by atoms with E-state index in [1.165, 1.54) is 5.56 Å². The SMILES string of the molecule is C=C(Br)CNCCc1ccccc1OC. The second-order valence-electron chi connectivity index (χ2n) is 3.26. The molecule has 0 aromatic heterocycles. The Bertz CT molecular complexity index is 325. The van der Waals surface area contributed by atoms with E-state index in [4.69, 9.17) is 4.74 Å². The number of para-hydroxylation sites is 1. The predicted molar refractivity (Wildman–Crippen MR) is 67.6 cm³/mol. The standard InChI is InChI=1S/C12H16BrNO/c1-10(13)9-14-8-7-11-5-3-4-6-12(11)15-2/h3-6,14H,1,7-9H2,2H3. The second kappa shape index (κ2) is 6.64. The topological polar surface area (TPSA) is 21.3 Å². The number of ether oxygens (including phenoxy) is 1. The molecule has 0 radical (unpaired) electrons. The summed E-state index contributed by atoms with van der Waals surface area (Å²) in [6.45, 7) is 5.49. The maximum Gasteiger partial charge on any atom is 0.122 e. The second-order valence-corrected chi connectivity index (χ2v) is 4.38. The molecule has 15 heavy (non-hydrogen) atoms. The van der Waals surface area contributed by atoms with Crippen molar-refractivity contribution < 1.29 is 4.74 Å². The zero-order valence-corrected chi connectivity index (χ0v) is 10.5. The first-order chi connectivity index (χ1) is 7.24. The molecule has 0 aliphatic heterocycles. The minimum Gasteiger partial charge on any atom is -0.496 e. The van der Waals surface area contributed by atoms with E-state index in [0.717, 1.165) is 29.7 Å². The lowest BCUT2D eigenvalue weighted by molar-refractivity contribution is 0.409.